The van der Waals surface area contributed by atoms with Gasteiger partial charge in [0.1, 0.15) is 10.7 Å². The van der Waals surface area contributed by atoms with Gasteiger partial charge in [-0.1, -0.05) is 18.0 Å². The van der Waals surface area contributed by atoms with Gasteiger partial charge in [0.15, 0.2) is 5.13 Å². The summed E-state index contributed by atoms with van der Waals surface area (Å²) in [5.41, 5.74) is 0.508. The summed E-state index contributed by atoms with van der Waals surface area (Å²) in [6.45, 7) is 2.88. The third-order valence-corrected chi connectivity index (χ3v) is 8.12. The predicted molar refractivity (Wildman–Crippen MR) is 110 cm³/mol. The van der Waals surface area contributed by atoms with Crippen LogP contribution >= 0.6 is 22.9 Å². The van der Waals surface area contributed by atoms with Crippen LogP contribution in [-0.2, 0) is 10.0 Å². The fourth-order valence-corrected chi connectivity index (χ4v) is 6.42. The lowest BCUT2D eigenvalue weighted by atomic mass is 9.86. The molecule has 6 nitrogen and oxygen atoms in total. The minimum Gasteiger partial charge on any atom is -0.382 e. The predicted octanol–water partition coefficient (Wildman–Crippen LogP) is 4.17. The van der Waals surface area contributed by atoms with Gasteiger partial charge >= 0.3 is 0 Å². The van der Waals surface area contributed by atoms with Crippen molar-refractivity contribution in [2.45, 2.75) is 42.5 Å². The van der Waals surface area contributed by atoms with E-state index in [9.17, 15) is 12.8 Å². The number of sulfonamides is 1. The van der Waals surface area contributed by atoms with Crippen molar-refractivity contribution in [3.8, 4) is 0 Å². The van der Waals surface area contributed by atoms with E-state index in [-0.39, 0.29) is 15.7 Å². The van der Waals surface area contributed by atoms with Gasteiger partial charge in [0, 0.05) is 23.7 Å². The molecular weight excluding hydrogens is 423 g/mol. The molecule has 0 amide bonds. The Bertz CT molecular complexity index is 955. The van der Waals surface area contributed by atoms with E-state index in [1.165, 1.54) is 25.5 Å². The number of aromatic nitrogens is 1. The largest absolute Gasteiger partial charge is 0.382 e. The van der Waals surface area contributed by atoms with Gasteiger partial charge in [-0.05, 0) is 50.9 Å². The van der Waals surface area contributed by atoms with Crippen LogP contribution in [0.25, 0.3) is 0 Å². The van der Waals surface area contributed by atoms with Crippen molar-refractivity contribution in [3.63, 3.8) is 0 Å². The molecule has 0 saturated carbocycles. The summed E-state index contributed by atoms with van der Waals surface area (Å²) in [4.78, 5) is 5.89. The van der Waals surface area contributed by atoms with E-state index in [0.717, 1.165) is 49.4 Å². The number of thiazole rings is 1. The normalized spacial score (nSPS) is 22.8. The van der Waals surface area contributed by atoms with Crippen molar-refractivity contribution in [2.24, 2.45) is 0 Å². The second kappa shape index (κ2) is 7.78. The first-order chi connectivity index (χ1) is 13.4. The van der Waals surface area contributed by atoms with Gasteiger partial charge in [0.05, 0.1) is 10.7 Å². The van der Waals surface area contributed by atoms with Crippen molar-refractivity contribution in [1.29, 1.82) is 0 Å². The first-order valence-electron chi connectivity index (χ1n) is 9.30. The zero-order valence-electron chi connectivity index (χ0n) is 15.2. The lowest BCUT2D eigenvalue weighted by molar-refractivity contribution is 0.102. The lowest BCUT2D eigenvalue weighted by Crippen LogP contribution is -2.51. The maximum Gasteiger partial charge on any atom is 0.266 e. The van der Waals surface area contributed by atoms with Crippen molar-refractivity contribution >= 4 is 43.8 Å². The molecule has 0 bridgehead atoms. The highest BCUT2D eigenvalue weighted by atomic mass is 35.5. The fourth-order valence-electron chi connectivity index (χ4n) is 4.25. The van der Waals surface area contributed by atoms with Crippen LogP contribution in [0.2, 0.25) is 5.02 Å². The molecule has 4 rings (SSSR count). The molecule has 28 heavy (non-hydrogen) atoms. The monoisotopic (exact) mass is 444 g/mol. The second-order valence-corrected chi connectivity index (χ2v) is 10.3. The van der Waals surface area contributed by atoms with Crippen LogP contribution in [0.1, 0.15) is 32.1 Å². The van der Waals surface area contributed by atoms with Crippen LogP contribution in [0.3, 0.4) is 0 Å². The molecule has 3 heterocycles. The molecule has 2 aliphatic heterocycles. The standard InChI is InChI=1S/C18H22ClFN4O2S2/c19-13-10-16(28(25,26)23-17-21-6-9-27-17)14(20)11-15(13)22-12-18-4-1-2-7-24(18)8-3-5-18/h6,9-11,22H,1-5,7-8,12H2,(H,21,23)/t18-/m1/s1. The Balaban J connectivity index is 1.53. The molecule has 0 aliphatic carbocycles. The number of fused-ring (bicyclic) bond motifs is 1. The van der Waals surface area contributed by atoms with Crippen molar-refractivity contribution < 1.29 is 12.8 Å². The van der Waals surface area contributed by atoms with E-state index in [2.05, 4.69) is 19.9 Å². The van der Waals surface area contributed by atoms with Gasteiger partial charge in [-0.25, -0.2) is 17.8 Å². The molecule has 0 radical (unpaired) electrons. The molecule has 1 aromatic carbocycles. The first-order valence-corrected chi connectivity index (χ1v) is 12.0. The highest BCUT2D eigenvalue weighted by Crippen LogP contribution is 2.38. The second-order valence-electron chi connectivity index (χ2n) is 7.33. The SMILES string of the molecule is O=S(=O)(Nc1nccs1)c1cc(Cl)c(NC[C@]23CCCCN2CCC3)cc1F. The highest BCUT2D eigenvalue weighted by Gasteiger charge is 2.42. The summed E-state index contributed by atoms with van der Waals surface area (Å²) >= 11 is 7.42. The van der Waals surface area contributed by atoms with E-state index in [0.29, 0.717) is 12.2 Å². The van der Waals surface area contributed by atoms with Crippen LogP contribution in [0.5, 0.6) is 0 Å². The van der Waals surface area contributed by atoms with Gasteiger partial charge in [-0.15, -0.1) is 11.3 Å². The van der Waals surface area contributed by atoms with E-state index in [4.69, 9.17) is 11.6 Å². The number of nitrogens with one attached hydrogen (secondary N) is 2. The minimum absolute atomic E-state index is 0.0925. The van der Waals surface area contributed by atoms with Crippen molar-refractivity contribution in [3.05, 3.63) is 34.5 Å². The van der Waals surface area contributed by atoms with Crippen molar-refractivity contribution in [1.82, 2.24) is 9.88 Å². The minimum atomic E-state index is -4.10. The maximum atomic E-state index is 14.6. The zero-order valence-corrected chi connectivity index (χ0v) is 17.6. The summed E-state index contributed by atoms with van der Waals surface area (Å²) in [7, 11) is -4.10. The molecule has 1 atom stereocenters. The molecule has 0 unspecified atom stereocenters. The Morgan fingerprint density at radius 2 is 2.04 bits per heavy atom. The molecule has 152 valence electrons. The maximum absolute atomic E-state index is 14.6. The summed E-state index contributed by atoms with van der Waals surface area (Å²) < 4.78 is 41.8. The smallest absolute Gasteiger partial charge is 0.266 e. The first kappa shape index (κ1) is 19.9. The fraction of sp³-hybridized carbons (Fsp3) is 0.500. The summed E-state index contributed by atoms with van der Waals surface area (Å²) in [5.74, 6) is -0.847. The summed E-state index contributed by atoms with van der Waals surface area (Å²) in [6.07, 6.45) is 7.28. The number of halogens is 2. The lowest BCUT2D eigenvalue weighted by Gasteiger charge is -2.42. The number of rotatable bonds is 6. The Hall–Kier alpha value is -1.42. The number of hydrogen-bond donors (Lipinski definition) is 2. The molecule has 2 aromatic rings. The number of benzene rings is 1. The Morgan fingerprint density at radius 1 is 1.25 bits per heavy atom. The van der Waals surface area contributed by atoms with E-state index >= 15 is 0 Å². The summed E-state index contributed by atoms with van der Waals surface area (Å²) in [6, 6.07) is 2.32. The molecule has 2 fully saturated rings. The van der Waals surface area contributed by atoms with Gasteiger partial charge in [-0.3, -0.25) is 9.62 Å². The molecule has 2 aliphatic rings. The van der Waals surface area contributed by atoms with E-state index < -0.39 is 20.7 Å². The van der Waals surface area contributed by atoms with E-state index in [1.54, 1.807) is 5.38 Å². The van der Waals surface area contributed by atoms with Crippen molar-refractivity contribution in [2.75, 3.05) is 29.7 Å². The Kier molecular flexibility index (Phi) is 5.52. The van der Waals surface area contributed by atoms with Gasteiger partial charge in [0.2, 0.25) is 0 Å². The Labute approximate surface area is 173 Å². The zero-order chi connectivity index (χ0) is 19.8. The van der Waals surface area contributed by atoms with Crippen LogP contribution in [0, 0.1) is 5.82 Å². The van der Waals surface area contributed by atoms with Gasteiger partial charge < -0.3 is 5.32 Å². The third-order valence-electron chi connectivity index (χ3n) is 5.63. The van der Waals surface area contributed by atoms with Crippen LogP contribution in [0.15, 0.2) is 28.6 Å². The average Bonchev–Trinajstić information content (AvgIpc) is 3.31. The summed E-state index contributed by atoms with van der Waals surface area (Å²) in [5, 5.41) is 5.26. The number of hydrogen-bond acceptors (Lipinski definition) is 6. The topological polar surface area (TPSA) is 74.3 Å². The van der Waals surface area contributed by atoms with Crippen LogP contribution < -0.4 is 10.0 Å². The molecule has 0 spiro atoms. The molecule has 2 N–H and O–H groups in total. The number of anilines is 2. The number of piperidine rings is 1. The average molecular weight is 445 g/mol. The third kappa shape index (κ3) is 3.85. The van der Waals surface area contributed by atoms with E-state index in [1.807, 2.05) is 0 Å². The highest BCUT2D eigenvalue weighted by molar-refractivity contribution is 7.93. The van der Waals surface area contributed by atoms with Crippen LogP contribution in [-0.4, -0.2) is 43.5 Å². The quantitative estimate of drug-likeness (QED) is 0.699. The van der Waals surface area contributed by atoms with Gasteiger partial charge in [0.25, 0.3) is 10.0 Å². The molecular formula is C18H22ClFN4O2S2. The molecule has 1 aromatic heterocycles. The molecule has 10 heteroatoms. The van der Waals surface area contributed by atoms with Crippen LogP contribution in [0.4, 0.5) is 15.2 Å². The van der Waals surface area contributed by atoms with Gasteiger partial charge in [-0.2, -0.15) is 0 Å². The molecule has 2 saturated heterocycles. The number of nitrogens with zero attached hydrogens (tertiary/aromatic N) is 2. The Morgan fingerprint density at radius 3 is 2.82 bits per heavy atom.